The standard InChI is InChI=1S/C36H40N2O7/c1-3-43-31-22-26(10-13-30(31)44-23-25-8-5-4-6-9-25)33-32(34(39)27-11-12-29-28(21-27)20-24(2)45-29)35(40)36(41)38(33)15-7-14-37-16-18-42-19-17-37/h4-6,8-13,21-22,24,33,39H,3,7,14-20,23H2,1-2H3/t24-,33+/m0/s1. The van der Waals surface area contributed by atoms with Crippen molar-refractivity contribution in [2.24, 2.45) is 0 Å². The van der Waals surface area contributed by atoms with E-state index in [4.69, 9.17) is 18.9 Å². The summed E-state index contributed by atoms with van der Waals surface area (Å²) in [5, 5.41) is 11.7. The van der Waals surface area contributed by atoms with Gasteiger partial charge in [-0.3, -0.25) is 14.5 Å². The molecule has 2 fully saturated rings. The second-order valence-electron chi connectivity index (χ2n) is 11.7. The zero-order valence-electron chi connectivity index (χ0n) is 25.9. The highest BCUT2D eigenvalue weighted by atomic mass is 16.5. The number of amides is 1. The third-order valence-corrected chi connectivity index (χ3v) is 8.51. The molecule has 0 unspecified atom stereocenters. The van der Waals surface area contributed by atoms with Crippen LogP contribution in [-0.2, 0) is 27.4 Å². The first-order valence-electron chi connectivity index (χ1n) is 15.7. The van der Waals surface area contributed by atoms with E-state index in [9.17, 15) is 14.7 Å². The minimum absolute atomic E-state index is 0.0362. The van der Waals surface area contributed by atoms with Crippen molar-refractivity contribution in [2.45, 2.75) is 45.4 Å². The van der Waals surface area contributed by atoms with Crippen LogP contribution >= 0.6 is 0 Å². The van der Waals surface area contributed by atoms with Gasteiger partial charge in [-0.1, -0.05) is 36.4 Å². The van der Waals surface area contributed by atoms with E-state index in [1.165, 1.54) is 0 Å². The summed E-state index contributed by atoms with van der Waals surface area (Å²) < 4.78 is 23.4. The first kappa shape index (κ1) is 30.7. The van der Waals surface area contributed by atoms with E-state index in [0.29, 0.717) is 68.4 Å². The number of fused-ring (bicyclic) bond motifs is 1. The summed E-state index contributed by atoms with van der Waals surface area (Å²) in [6, 6.07) is 19.9. The Bertz CT molecular complexity index is 1560. The highest BCUT2D eigenvalue weighted by molar-refractivity contribution is 6.46. The van der Waals surface area contributed by atoms with Gasteiger partial charge in [0.1, 0.15) is 24.2 Å². The Morgan fingerprint density at radius 1 is 0.956 bits per heavy atom. The van der Waals surface area contributed by atoms with Gasteiger partial charge in [-0.15, -0.1) is 0 Å². The third kappa shape index (κ3) is 6.70. The van der Waals surface area contributed by atoms with Crippen molar-refractivity contribution in [1.29, 1.82) is 0 Å². The molecule has 9 heteroatoms. The van der Waals surface area contributed by atoms with E-state index < -0.39 is 17.7 Å². The Kier molecular flexibility index (Phi) is 9.37. The number of hydrogen-bond acceptors (Lipinski definition) is 8. The largest absolute Gasteiger partial charge is 0.507 e. The van der Waals surface area contributed by atoms with Crippen molar-refractivity contribution in [3.05, 3.63) is 94.6 Å². The fourth-order valence-electron chi connectivity index (χ4n) is 6.29. The number of nitrogens with zero attached hydrogens (tertiary/aromatic N) is 2. The van der Waals surface area contributed by atoms with Crippen LogP contribution in [0.25, 0.3) is 5.76 Å². The lowest BCUT2D eigenvalue weighted by molar-refractivity contribution is -0.140. The Hall–Kier alpha value is -4.34. The van der Waals surface area contributed by atoms with Crippen molar-refractivity contribution in [1.82, 2.24) is 9.80 Å². The maximum atomic E-state index is 13.7. The van der Waals surface area contributed by atoms with E-state index in [-0.39, 0.29) is 17.4 Å². The summed E-state index contributed by atoms with van der Waals surface area (Å²) in [6.07, 6.45) is 1.42. The molecular weight excluding hydrogens is 572 g/mol. The van der Waals surface area contributed by atoms with Crippen molar-refractivity contribution < 1.29 is 33.6 Å². The minimum atomic E-state index is -0.791. The van der Waals surface area contributed by atoms with Crippen LogP contribution in [0.1, 0.15) is 48.6 Å². The lowest BCUT2D eigenvalue weighted by atomic mass is 9.94. The minimum Gasteiger partial charge on any atom is -0.507 e. The average molecular weight is 613 g/mol. The first-order valence-corrected chi connectivity index (χ1v) is 15.7. The molecule has 3 heterocycles. The predicted molar refractivity (Wildman–Crippen MR) is 170 cm³/mol. The van der Waals surface area contributed by atoms with E-state index in [0.717, 1.165) is 36.5 Å². The number of carbonyl (C=O) groups excluding carboxylic acids is 2. The summed E-state index contributed by atoms with van der Waals surface area (Å²) >= 11 is 0. The number of ether oxygens (including phenoxy) is 4. The van der Waals surface area contributed by atoms with Crippen LogP contribution in [0.15, 0.2) is 72.3 Å². The Morgan fingerprint density at radius 2 is 1.76 bits per heavy atom. The molecule has 0 saturated carbocycles. The molecule has 0 aliphatic carbocycles. The number of carbonyl (C=O) groups is 2. The number of benzene rings is 3. The third-order valence-electron chi connectivity index (χ3n) is 8.51. The van der Waals surface area contributed by atoms with Crippen LogP contribution in [0.2, 0.25) is 0 Å². The molecule has 1 N–H and O–H groups in total. The lowest BCUT2D eigenvalue weighted by Gasteiger charge is -2.29. The summed E-state index contributed by atoms with van der Waals surface area (Å²) in [5.41, 5.74) is 3.19. The van der Waals surface area contributed by atoms with Crippen molar-refractivity contribution in [3.63, 3.8) is 0 Å². The number of Topliss-reactive ketones (excluding diaryl/α,β-unsaturated/α-hetero) is 1. The van der Waals surface area contributed by atoms with Gasteiger partial charge in [0.2, 0.25) is 0 Å². The fraction of sp³-hybridized carbons (Fsp3) is 0.389. The number of likely N-dealkylation sites (tertiary alicyclic amines) is 1. The van der Waals surface area contributed by atoms with Crippen LogP contribution < -0.4 is 14.2 Å². The number of hydrogen-bond donors (Lipinski definition) is 1. The SMILES string of the molecule is CCOc1cc([C@@H]2C(=C(O)c3ccc4c(c3)C[C@H](C)O4)C(=O)C(=O)N2CCCN2CCOCC2)ccc1OCc1ccccc1. The number of aliphatic hydroxyl groups is 1. The van der Waals surface area contributed by atoms with E-state index in [1.807, 2.05) is 74.5 Å². The molecule has 3 aliphatic heterocycles. The normalized spacial score (nSPS) is 21.1. The number of aliphatic hydroxyl groups excluding tert-OH is 1. The average Bonchev–Trinajstić information content (AvgIpc) is 3.56. The monoisotopic (exact) mass is 612 g/mol. The Morgan fingerprint density at radius 3 is 2.53 bits per heavy atom. The molecular formula is C36H40N2O7. The second kappa shape index (κ2) is 13.7. The summed E-state index contributed by atoms with van der Waals surface area (Å²) in [5.74, 6) is 0.320. The molecule has 45 heavy (non-hydrogen) atoms. The van der Waals surface area contributed by atoms with Crippen LogP contribution in [0, 0.1) is 0 Å². The molecule has 2 atom stereocenters. The molecule has 0 radical (unpaired) electrons. The van der Waals surface area contributed by atoms with Gasteiger partial charge in [-0.2, -0.15) is 0 Å². The maximum absolute atomic E-state index is 13.7. The van der Waals surface area contributed by atoms with Gasteiger partial charge >= 0.3 is 0 Å². The highest BCUT2D eigenvalue weighted by Crippen LogP contribution is 2.43. The molecule has 236 valence electrons. The van der Waals surface area contributed by atoms with E-state index >= 15 is 0 Å². The molecule has 0 bridgehead atoms. The Balaban J connectivity index is 1.35. The number of rotatable bonds is 11. The molecule has 2 saturated heterocycles. The topological polar surface area (TPSA) is 97.8 Å². The number of ketones is 1. The molecule has 9 nitrogen and oxygen atoms in total. The zero-order valence-corrected chi connectivity index (χ0v) is 25.9. The lowest BCUT2D eigenvalue weighted by Crippen LogP contribution is -2.39. The second-order valence-corrected chi connectivity index (χ2v) is 11.7. The van der Waals surface area contributed by atoms with Gasteiger partial charge in [0.25, 0.3) is 11.7 Å². The van der Waals surface area contributed by atoms with Gasteiger partial charge in [0, 0.05) is 38.2 Å². The van der Waals surface area contributed by atoms with Crippen LogP contribution in [0.4, 0.5) is 0 Å². The van der Waals surface area contributed by atoms with Crippen LogP contribution in [0.5, 0.6) is 17.2 Å². The van der Waals surface area contributed by atoms with Crippen molar-refractivity contribution in [2.75, 3.05) is 46.0 Å². The van der Waals surface area contributed by atoms with Gasteiger partial charge < -0.3 is 29.0 Å². The van der Waals surface area contributed by atoms with Gasteiger partial charge in [-0.05, 0) is 67.3 Å². The summed E-state index contributed by atoms with van der Waals surface area (Å²) in [6.45, 7) is 8.84. The smallest absolute Gasteiger partial charge is 0.295 e. The molecule has 3 aromatic carbocycles. The molecule has 6 rings (SSSR count). The van der Waals surface area contributed by atoms with Crippen molar-refractivity contribution in [3.8, 4) is 17.2 Å². The Labute approximate surface area is 263 Å². The van der Waals surface area contributed by atoms with Gasteiger partial charge in [-0.25, -0.2) is 0 Å². The fourth-order valence-corrected chi connectivity index (χ4v) is 6.29. The molecule has 3 aromatic rings. The molecule has 3 aliphatic rings. The summed E-state index contributed by atoms with van der Waals surface area (Å²) in [4.78, 5) is 31.2. The number of morpholine rings is 1. The highest BCUT2D eigenvalue weighted by Gasteiger charge is 2.46. The van der Waals surface area contributed by atoms with E-state index in [1.54, 1.807) is 11.0 Å². The molecule has 0 aromatic heterocycles. The van der Waals surface area contributed by atoms with Crippen molar-refractivity contribution >= 4 is 17.4 Å². The maximum Gasteiger partial charge on any atom is 0.295 e. The van der Waals surface area contributed by atoms with Gasteiger partial charge in [0.05, 0.1) is 31.4 Å². The van der Waals surface area contributed by atoms with E-state index in [2.05, 4.69) is 4.90 Å². The predicted octanol–water partition coefficient (Wildman–Crippen LogP) is 5.13. The van der Waals surface area contributed by atoms with Crippen LogP contribution in [-0.4, -0.2) is 78.7 Å². The first-order chi connectivity index (χ1) is 21.9. The molecule has 1 amide bonds. The zero-order chi connectivity index (χ0) is 31.3. The van der Waals surface area contributed by atoms with Crippen LogP contribution in [0.3, 0.4) is 0 Å². The molecule has 0 spiro atoms. The summed E-state index contributed by atoms with van der Waals surface area (Å²) in [7, 11) is 0. The van der Waals surface area contributed by atoms with Gasteiger partial charge in [0.15, 0.2) is 11.5 Å². The quantitative estimate of drug-likeness (QED) is 0.181.